The molecule has 3 N–H and O–H groups in total. The number of halogens is 4. The first-order valence-electron chi connectivity index (χ1n) is 11.2. The van der Waals surface area contributed by atoms with Crippen molar-refractivity contribution in [1.82, 2.24) is 15.0 Å². The van der Waals surface area contributed by atoms with E-state index in [4.69, 9.17) is 4.42 Å². The summed E-state index contributed by atoms with van der Waals surface area (Å²) in [5, 5.41) is 12.6. The Morgan fingerprint density at radius 2 is 1.84 bits per heavy atom. The van der Waals surface area contributed by atoms with Crippen molar-refractivity contribution >= 4 is 26.9 Å². The van der Waals surface area contributed by atoms with Crippen molar-refractivity contribution in [2.45, 2.75) is 36.2 Å². The van der Waals surface area contributed by atoms with E-state index in [0.29, 0.717) is 11.8 Å². The largest absolute Gasteiger partial charge is 0.507 e. The van der Waals surface area contributed by atoms with Crippen molar-refractivity contribution in [2.24, 2.45) is 0 Å². The molecule has 0 aliphatic heterocycles. The molecule has 5 rings (SSSR count). The fourth-order valence-electron chi connectivity index (χ4n) is 3.90. The molecule has 198 valence electrons. The Hall–Kier alpha value is -3.97. The number of phenols is 1. The second kappa shape index (κ2) is 9.10. The van der Waals surface area contributed by atoms with E-state index in [-0.39, 0.29) is 47.4 Å². The maximum absolute atomic E-state index is 13.4. The first kappa shape index (κ1) is 25.7. The molecule has 0 bridgehead atoms. The number of alkyl halides is 3. The molecular weight excluding hydrogens is 530 g/mol. The zero-order valence-electron chi connectivity index (χ0n) is 19.3. The maximum atomic E-state index is 13.4. The number of carbonyl (C=O) groups excluding carboxylic acids is 1. The summed E-state index contributed by atoms with van der Waals surface area (Å²) in [6.07, 6.45) is -3.42. The monoisotopic (exact) mass is 549 g/mol. The summed E-state index contributed by atoms with van der Waals surface area (Å²) in [4.78, 5) is 16.7. The van der Waals surface area contributed by atoms with E-state index >= 15 is 0 Å². The first-order valence-corrected chi connectivity index (χ1v) is 12.7. The van der Waals surface area contributed by atoms with Gasteiger partial charge >= 0.3 is 6.18 Å². The van der Waals surface area contributed by atoms with Crippen LogP contribution in [0.15, 0.2) is 70.3 Å². The summed E-state index contributed by atoms with van der Waals surface area (Å²) in [5.74, 6) is -1.37. The third-order valence-corrected chi connectivity index (χ3v) is 7.51. The van der Waals surface area contributed by atoms with Gasteiger partial charge in [0.25, 0.3) is 10.0 Å². The van der Waals surface area contributed by atoms with Crippen LogP contribution in [0.5, 0.6) is 5.75 Å². The fourth-order valence-corrected chi connectivity index (χ4v) is 5.29. The molecule has 1 saturated carbocycles. The van der Waals surface area contributed by atoms with Crippen LogP contribution in [0, 0.1) is 5.82 Å². The number of phenolic OH excluding ortho intramolecular Hbond substituents is 1. The second-order valence-corrected chi connectivity index (χ2v) is 10.5. The molecule has 38 heavy (non-hydrogen) atoms. The molecule has 13 heteroatoms. The molecule has 8 nitrogen and oxygen atoms in total. The zero-order valence-corrected chi connectivity index (χ0v) is 20.2. The highest BCUT2D eigenvalue weighted by Gasteiger charge is 2.53. The highest BCUT2D eigenvalue weighted by molar-refractivity contribution is 7.89. The molecule has 2 aromatic carbocycles. The molecule has 2 heterocycles. The summed E-state index contributed by atoms with van der Waals surface area (Å²) in [7, 11) is -4.24. The third kappa shape index (κ3) is 5.07. The quantitative estimate of drug-likeness (QED) is 0.292. The number of fused-ring (bicyclic) bond motifs is 1. The van der Waals surface area contributed by atoms with E-state index in [2.05, 4.69) is 15.0 Å². The number of nitrogens with zero attached hydrogens (tertiary/aromatic N) is 1. The lowest BCUT2D eigenvalue weighted by Gasteiger charge is -2.17. The number of amides is 1. The van der Waals surface area contributed by atoms with Crippen LogP contribution in [-0.2, 0) is 27.5 Å². The molecule has 1 aliphatic rings. The van der Waals surface area contributed by atoms with Crippen LogP contribution in [0.1, 0.15) is 24.0 Å². The van der Waals surface area contributed by atoms with Crippen LogP contribution in [0.4, 0.5) is 17.6 Å². The Kier molecular flexibility index (Phi) is 6.15. The summed E-state index contributed by atoms with van der Waals surface area (Å²) >= 11 is 0. The smallest absolute Gasteiger partial charge is 0.417 e. The van der Waals surface area contributed by atoms with E-state index in [1.807, 2.05) is 0 Å². The van der Waals surface area contributed by atoms with E-state index in [0.717, 1.165) is 24.3 Å². The topological polar surface area (TPSA) is 122 Å². The van der Waals surface area contributed by atoms with Crippen molar-refractivity contribution in [1.29, 1.82) is 0 Å². The number of aromatic hydroxyl groups is 1. The molecule has 1 amide bonds. The molecule has 2 aromatic heterocycles. The first-order chi connectivity index (χ1) is 17.9. The minimum atomic E-state index is -4.55. The zero-order chi connectivity index (χ0) is 27.3. The Morgan fingerprint density at radius 3 is 2.50 bits per heavy atom. The molecule has 0 saturated heterocycles. The van der Waals surface area contributed by atoms with Crippen molar-refractivity contribution in [2.75, 3.05) is 0 Å². The fraction of sp³-hybridized carbons (Fsp3) is 0.200. The van der Waals surface area contributed by atoms with E-state index in [9.17, 15) is 35.9 Å². The van der Waals surface area contributed by atoms with Gasteiger partial charge in [-0.25, -0.2) is 12.8 Å². The molecule has 1 fully saturated rings. The SMILES string of the molecule is O=C(NCc1ccc(O)c(-c2ccc(C(F)(F)F)cn2)c1)C1(NS(=O)(=O)c2cc3cc(F)ccc3o2)CC1. The average Bonchev–Trinajstić information content (AvgIpc) is 3.50. The predicted molar refractivity (Wildman–Crippen MR) is 127 cm³/mol. The van der Waals surface area contributed by atoms with Gasteiger partial charge in [-0.05, 0) is 60.9 Å². The summed E-state index contributed by atoms with van der Waals surface area (Å²) in [6.45, 7) is -0.0554. The number of furan rings is 1. The van der Waals surface area contributed by atoms with Crippen molar-refractivity contribution < 1.29 is 40.3 Å². The number of nitrogens with one attached hydrogen (secondary N) is 2. The number of hydrogen-bond acceptors (Lipinski definition) is 6. The van der Waals surface area contributed by atoms with E-state index in [1.54, 1.807) is 0 Å². The van der Waals surface area contributed by atoms with Crippen LogP contribution < -0.4 is 10.0 Å². The van der Waals surface area contributed by atoms with Gasteiger partial charge in [0.1, 0.15) is 22.7 Å². The molecule has 4 aromatic rings. The van der Waals surface area contributed by atoms with Crippen molar-refractivity contribution in [3.05, 3.63) is 77.7 Å². The standard InChI is InChI=1S/C25H19F4N3O5S/c26-17-3-6-21-15(10-17)11-22(37-21)38(35,36)32-24(7-8-24)23(34)31-12-14-1-5-20(33)18(9-14)19-4-2-16(13-30-19)25(27,28)29/h1-6,9-11,13,32-33H,7-8,12H2,(H,31,34). The molecule has 0 atom stereocenters. The molecule has 0 spiro atoms. The van der Waals surface area contributed by atoms with E-state index < -0.39 is 44.1 Å². The number of benzene rings is 2. The van der Waals surface area contributed by atoms with Gasteiger partial charge in [0.2, 0.25) is 11.0 Å². The lowest BCUT2D eigenvalue weighted by atomic mass is 10.1. The van der Waals surface area contributed by atoms with Crippen LogP contribution in [-0.4, -0.2) is 30.0 Å². The maximum Gasteiger partial charge on any atom is 0.417 e. The molecule has 0 unspecified atom stereocenters. The Morgan fingerprint density at radius 1 is 1.08 bits per heavy atom. The molecule has 1 aliphatic carbocycles. The molecule has 0 radical (unpaired) electrons. The molecular formula is C25H19F4N3O5S. The van der Waals surface area contributed by atoms with E-state index in [1.165, 1.54) is 30.3 Å². The minimum Gasteiger partial charge on any atom is -0.507 e. The summed E-state index contributed by atoms with van der Waals surface area (Å²) < 4.78 is 85.3. The van der Waals surface area contributed by atoms with Crippen LogP contribution in [0.25, 0.3) is 22.2 Å². The van der Waals surface area contributed by atoms with Gasteiger partial charge in [0.05, 0.1) is 11.3 Å². The van der Waals surface area contributed by atoms with Gasteiger partial charge in [-0.1, -0.05) is 6.07 Å². The van der Waals surface area contributed by atoms with Gasteiger partial charge < -0.3 is 14.8 Å². The van der Waals surface area contributed by atoms with Crippen LogP contribution >= 0.6 is 0 Å². The van der Waals surface area contributed by atoms with Crippen LogP contribution in [0.3, 0.4) is 0 Å². The van der Waals surface area contributed by atoms with Gasteiger partial charge in [0.15, 0.2) is 0 Å². The van der Waals surface area contributed by atoms with Gasteiger partial charge in [-0.2, -0.15) is 17.9 Å². The third-order valence-electron chi connectivity index (χ3n) is 6.12. The van der Waals surface area contributed by atoms with Crippen molar-refractivity contribution in [3.8, 4) is 17.0 Å². The Bertz CT molecular complexity index is 1650. The second-order valence-electron chi connectivity index (χ2n) is 8.90. The average molecular weight is 550 g/mol. The minimum absolute atomic E-state index is 0.0554. The normalized spacial score (nSPS) is 14.9. The van der Waals surface area contributed by atoms with Gasteiger partial charge in [0, 0.05) is 29.8 Å². The Labute approximate surface area is 213 Å². The van der Waals surface area contributed by atoms with Crippen LogP contribution in [0.2, 0.25) is 0 Å². The number of sulfonamides is 1. The number of pyridine rings is 1. The highest BCUT2D eigenvalue weighted by Crippen LogP contribution is 2.38. The van der Waals surface area contributed by atoms with Gasteiger partial charge in [-0.15, -0.1) is 0 Å². The predicted octanol–water partition coefficient (Wildman–Crippen LogP) is 4.49. The number of hydrogen-bond donors (Lipinski definition) is 3. The van der Waals surface area contributed by atoms with Crippen molar-refractivity contribution in [3.63, 3.8) is 0 Å². The summed E-state index contributed by atoms with van der Waals surface area (Å²) in [6, 6.07) is 11.0. The summed E-state index contributed by atoms with van der Waals surface area (Å²) in [5.41, 5.74) is -1.40. The highest BCUT2D eigenvalue weighted by atomic mass is 32.2. The van der Waals surface area contributed by atoms with Gasteiger partial charge in [-0.3, -0.25) is 9.78 Å². The Balaban J connectivity index is 1.28. The number of carbonyl (C=O) groups is 1. The number of rotatable bonds is 7. The number of aromatic nitrogens is 1. The lowest BCUT2D eigenvalue weighted by Crippen LogP contribution is -2.48. The lowest BCUT2D eigenvalue weighted by molar-refractivity contribution is -0.137.